The van der Waals surface area contributed by atoms with Crippen molar-refractivity contribution in [3.8, 4) is 0 Å². The molecule has 0 heterocycles. The summed E-state index contributed by atoms with van der Waals surface area (Å²) in [6.07, 6.45) is -2.13. The van der Waals surface area contributed by atoms with E-state index in [2.05, 4.69) is 4.74 Å². The van der Waals surface area contributed by atoms with Gasteiger partial charge in [-0.1, -0.05) is 0 Å². The minimum Gasteiger partial charge on any atom is -0.394 e. The molecular formula is C6H14O6. The fourth-order valence-corrected chi connectivity index (χ4v) is 0.598. The Balaban J connectivity index is 3.56. The van der Waals surface area contributed by atoms with E-state index in [4.69, 9.17) is 25.5 Å². The van der Waals surface area contributed by atoms with Gasteiger partial charge < -0.3 is 30.3 Å². The highest BCUT2D eigenvalue weighted by Gasteiger charge is 2.24. The standard InChI is InChI=1S/C6H14O6/c7-3-4-12-6(10,11)2-1-5(8)9/h5,7-11H,1-4H2. The Morgan fingerprint density at radius 3 is 2.25 bits per heavy atom. The molecule has 0 unspecified atom stereocenters. The molecule has 74 valence electrons. The highest BCUT2D eigenvalue weighted by molar-refractivity contribution is 4.52. The molecule has 0 bridgehead atoms. The van der Waals surface area contributed by atoms with Gasteiger partial charge in [-0.25, -0.2) is 0 Å². The zero-order chi connectivity index (χ0) is 9.61. The van der Waals surface area contributed by atoms with Crippen LogP contribution in [0.15, 0.2) is 0 Å². The fraction of sp³-hybridized carbons (Fsp3) is 1.00. The summed E-state index contributed by atoms with van der Waals surface area (Å²) in [5.74, 6) is -2.40. The number of aliphatic hydroxyl groups is 5. The molecule has 0 amide bonds. The lowest BCUT2D eigenvalue weighted by atomic mass is 10.2. The van der Waals surface area contributed by atoms with Crippen LogP contribution < -0.4 is 0 Å². The van der Waals surface area contributed by atoms with Gasteiger partial charge in [0.05, 0.1) is 13.2 Å². The number of aliphatic hydroxyl groups excluding tert-OH is 2. The minimum atomic E-state index is -2.40. The van der Waals surface area contributed by atoms with Crippen molar-refractivity contribution in [1.29, 1.82) is 0 Å². The largest absolute Gasteiger partial charge is 0.394 e. The molecule has 0 rings (SSSR count). The Labute approximate surface area is 69.6 Å². The molecule has 0 saturated carbocycles. The SMILES string of the molecule is OCCOC(O)(O)CCC(O)O. The maximum absolute atomic E-state index is 8.89. The second-order valence-corrected chi connectivity index (χ2v) is 2.33. The van der Waals surface area contributed by atoms with Crippen LogP contribution in [-0.2, 0) is 4.74 Å². The summed E-state index contributed by atoms with van der Waals surface area (Å²) in [7, 11) is 0. The third-order valence-corrected chi connectivity index (χ3v) is 1.15. The van der Waals surface area contributed by atoms with Crippen molar-refractivity contribution in [1.82, 2.24) is 0 Å². The van der Waals surface area contributed by atoms with Crippen molar-refractivity contribution in [2.24, 2.45) is 0 Å². The molecular weight excluding hydrogens is 168 g/mol. The molecule has 0 aromatic carbocycles. The molecule has 0 aliphatic heterocycles. The van der Waals surface area contributed by atoms with Crippen LogP contribution in [0.2, 0.25) is 0 Å². The molecule has 6 heteroatoms. The van der Waals surface area contributed by atoms with Gasteiger partial charge in [0.1, 0.15) is 0 Å². The monoisotopic (exact) mass is 182 g/mol. The minimum absolute atomic E-state index is 0.210. The first-order valence-electron chi connectivity index (χ1n) is 3.53. The Bertz CT molecular complexity index is 113. The molecule has 0 aromatic rings. The van der Waals surface area contributed by atoms with E-state index < -0.39 is 12.3 Å². The molecule has 12 heavy (non-hydrogen) atoms. The van der Waals surface area contributed by atoms with E-state index in [1.54, 1.807) is 0 Å². The molecule has 0 spiro atoms. The number of hydrogen-bond donors (Lipinski definition) is 5. The van der Waals surface area contributed by atoms with E-state index in [0.717, 1.165) is 0 Å². The molecule has 0 fully saturated rings. The van der Waals surface area contributed by atoms with Crippen LogP contribution in [0.5, 0.6) is 0 Å². The lowest BCUT2D eigenvalue weighted by molar-refractivity contribution is -0.345. The zero-order valence-electron chi connectivity index (χ0n) is 6.55. The van der Waals surface area contributed by atoms with Crippen molar-refractivity contribution in [2.75, 3.05) is 13.2 Å². The molecule has 0 aliphatic rings. The van der Waals surface area contributed by atoms with Gasteiger partial charge in [0.15, 0.2) is 6.29 Å². The maximum Gasteiger partial charge on any atom is 0.278 e. The average molecular weight is 182 g/mol. The predicted octanol–water partition coefficient (Wildman–Crippen LogP) is -2.28. The van der Waals surface area contributed by atoms with Gasteiger partial charge in [-0.05, 0) is 0 Å². The van der Waals surface area contributed by atoms with Crippen LogP contribution >= 0.6 is 0 Å². The van der Waals surface area contributed by atoms with E-state index in [9.17, 15) is 0 Å². The topological polar surface area (TPSA) is 110 Å². The van der Waals surface area contributed by atoms with Gasteiger partial charge >= 0.3 is 0 Å². The van der Waals surface area contributed by atoms with Crippen LogP contribution in [0.1, 0.15) is 12.8 Å². The summed E-state index contributed by atoms with van der Waals surface area (Å²) in [5.41, 5.74) is 0. The number of rotatable bonds is 6. The van der Waals surface area contributed by atoms with E-state index in [0.29, 0.717) is 0 Å². The maximum atomic E-state index is 8.89. The van der Waals surface area contributed by atoms with E-state index in [1.165, 1.54) is 0 Å². The Kier molecular flexibility index (Phi) is 5.31. The molecule has 6 nitrogen and oxygen atoms in total. The first-order chi connectivity index (χ1) is 5.48. The van der Waals surface area contributed by atoms with Gasteiger partial charge in [-0.3, -0.25) is 0 Å². The number of hydrogen-bond acceptors (Lipinski definition) is 6. The van der Waals surface area contributed by atoms with Crippen molar-refractivity contribution in [3.05, 3.63) is 0 Å². The average Bonchev–Trinajstić information content (AvgIpc) is 1.98. The summed E-state index contributed by atoms with van der Waals surface area (Å²) in [6, 6.07) is 0. The smallest absolute Gasteiger partial charge is 0.278 e. The fourth-order valence-electron chi connectivity index (χ4n) is 0.598. The van der Waals surface area contributed by atoms with E-state index >= 15 is 0 Å². The van der Waals surface area contributed by atoms with Crippen molar-refractivity contribution >= 4 is 0 Å². The van der Waals surface area contributed by atoms with Crippen LogP contribution in [-0.4, -0.2) is 51.0 Å². The van der Waals surface area contributed by atoms with Crippen LogP contribution in [0.25, 0.3) is 0 Å². The molecule has 0 radical (unpaired) electrons. The highest BCUT2D eigenvalue weighted by atomic mass is 16.8. The van der Waals surface area contributed by atoms with Crippen LogP contribution in [0.4, 0.5) is 0 Å². The summed E-state index contributed by atoms with van der Waals surface area (Å²) < 4.78 is 4.37. The van der Waals surface area contributed by atoms with Crippen LogP contribution in [0.3, 0.4) is 0 Å². The number of ether oxygens (including phenoxy) is 1. The summed E-state index contributed by atoms with van der Waals surface area (Å²) >= 11 is 0. The van der Waals surface area contributed by atoms with Crippen LogP contribution in [0, 0.1) is 0 Å². The Hall–Kier alpha value is -0.240. The summed E-state index contributed by atoms with van der Waals surface area (Å²) in [5, 5.41) is 42.8. The van der Waals surface area contributed by atoms with Crippen molar-refractivity contribution in [3.63, 3.8) is 0 Å². The summed E-state index contributed by atoms with van der Waals surface area (Å²) in [4.78, 5) is 0. The lowest BCUT2D eigenvalue weighted by Crippen LogP contribution is -2.34. The zero-order valence-corrected chi connectivity index (χ0v) is 6.55. The van der Waals surface area contributed by atoms with Crippen molar-refractivity contribution < 1.29 is 30.3 Å². The van der Waals surface area contributed by atoms with Gasteiger partial charge in [0.25, 0.3) is 5.97 Å². The molecule has 0 atom stereocenters. The summed E-state index contributed by atoms with van der Waals surface area (Å²) in [6.45, 7) is -0.543. The lowest BCUT2D eigenvalue weighted by Gasteiger charge is -2.21. The molecule has 0 saturated heterocycles. The second-order valence-electron chi connectivity index (χ2n) is 2.33. The third-order valence-electron chi connectivity index (χ3n) is 1.15. The predicted molar refractivity (Wildman–Crippen MR) is 37.7 cm³/mol. The quantitative estimate of drug-likeness (QED) is 0.296. The van der Waals surface area contributed by atoms with E-state index in [-0.39, 0.29) is 26.1 Å². The third kappa shape index (κ3) is 6.47. The molecule has 0 aromatic heterocycles. The van der Waals surface area contributed by atoms with Gasteiger partial charge in [0, 0.05) is 12.8 Å². The molecule has 5 N–H and O–H groups in total. The highest BCUT2D eigenvalue weighted by Crippen LogP contribution is 2.11. The van der Waals surface area contributed by atoms with Gasteiger partial charge in [-0.2, -0.15) is 0 Å². The van der Waals surface area contributed by atoms with Gasteiger partial charge in [0.2, 0.25) is 0 Å². The Morgan fingerprint density at radius 2 is 1.83 bits per heavy atom. The van der Waals surface area contributed by atoms with E-state index in [1.807, 2.05) is 0 Å². The first-order valence-corrected chi connectivity index (χ1v) is 3.53. The van der Waals surface area contributed by atoms with Gasteiger partial charge in [-0.15, -0.1) is 0 Å². The molecule has 0 aliphatic carbocycles. The van der Waals surface area contributed by atoms with Crippen molar-refractivity contribution in [2.45, 2.75) is 25.1 Å². The first kappa shape index (κ1) is 11.8. The normalized spacial score (nSPS) is 12.5. The second kappa shape index (κ2) is 5.41. The Morgan fingerprint density at radius 1 is 1.25 bits per heavy atom.